The number of carbonyl (C=O) groups is 3. The molecule has 1 aromatic rings. The quantitative estimate of drug-likeness (QED) is 0.666. The monoisotopic (exact) mass is 421 g/mol. The Kier molecular flexibility index (Phi) is 7.70. The van der Waals surface area contributed by atoms with Gasteiger partial charge < -0.3 is 15.2 Å². The van der Waals surface area contributed by atoms with Gasteiger partial charge >= 0.3 is 11.9 Å². The van der Waals surface area contributed by atoms with Gasteiger partial charge in [-0.05, 0) is 51.0 Å². The molecule has 0 bridgehead atoms. The van der Waals surface area contributed by atoms with Crippen LogP contribution in [0, 0.1) is 11.8 Å². The van der Waals surface area contributed by atoms with E-state index in [1.165, 1.54) is 24.2 Å². The smallest absolute Gasteiger partial charge is 0.341 e. The maximum absolute atomic E-state index is 13.0. The summed E-state index contributed by atoms with van der Waals surface area (Å²) < 4.78 is 5.31. The summed E-state index contributed by atoms with van der Waals surface area (Å²) in [4.78, 5) is 38.5. The van der Waals surface area contributed by atoms with Crippen LogP contribution < -0.4 is 5.32 Å². The maximum atomic E-state index is 13.0. The number of hydrogen-bond donors (Lipinski definition) is 2. The van der Waals surface area contributed by atoms with E-state index in [0.717, 1.165) is 55.4 Å². The van der Waals surface area contributed by atoms with Crippen LogP contribution >= 0.6 is 11.3 Å². The van der Waals surface area contributed by atoms with Crippen molar-refractivity contribution in [3.8, 4) is 0 Å². The number of fused-ring (bicyclic) bond motifs is 1. The number of nitrogens with one attached hydrogen (secondary N) is 1. The Bertz CT molecular complexity index is 757. The van der Waals surface area contributed by atoms with Gasteiger partial charge in [0.25, 0.3) is 0 Å². The summed E-state index contributed by atoms with van der Waals surface area (Å²) in [5, 5.41) is 13.0. The van der Waals surface area contributed by atoms with Gasteiger partial charge in [-0.25, -0.2) is 4.79 Å². The Morgan fingerprint density at radius 3 is 2.34 bits per heavy atom. The highest BCUT2D eigenvalue weighted by Gasteiger charge is 2.37. The van der Waals surface area contributed by atoms with Crippen LogP contribution in [0.25, 0.3) is 0 Å². The Morgan fingerprint density at radius 1 is 1.00 bits per heavy atom. The molecule has 0 unspecified atom stereocenters. The highest BCUT2D eigenvalue weighted by atomic mass is 32.1. The predicted octanol–water partition coefficient (Wildman–Crippen LogP) is 4.80. The fourth-order valence-corrected chi connectivity index (χ4v) is 5.83. The predicted molar refractivity (Wildman–Crippen MR) is 112 cm³/mol. The first-order valence-corrected chi connectivity index (χ1v) is 11.7. The lowest BCUT2D eigenvalue weighted by atomic mass is 9.79. The van der Waals surface area contributed by atoms with E-state index in [-0.39, 0.29) is 12.5 Å². The average molecular weight is 422 g/mol. The molecule has 1 saturated carbocycles. The number of carboxylic acid groups (broad SMARTS) is 1. The van der Waals surface area contributed by atoms with Gasteiger partial charge in [-0.3, -0.25) is 9.59 Å². The third kappa shape index (κ3) is 5.18. The number of hydrogen-bond acceptors (Lipinski definition) is 5. The van der Waals surface area contributed by atoms with Crippen LogP contribution in [0.3, 0.4) is 0 Å². The molecule has 2 aliphatic rings. The van der Waals surface area contributed by atoms with Crippen LogP contribution in [0.2, 0.25) is 0 Å². The summed E-state index contributed by atoms with van der Waals surface area (Å²) in [6.45, 7) is 2.05. The van der Waals surface area contributed by atoms with E-state index >= 15 is 0 Å². The first-order valence-electron chi connectivity index (χ1n) is 10.9. The van der Waals surface area contributed by atoms with Crippen LogP contribution in [-0.2, 0) is 27.2 Å². The molecule has 1 amide bonds. The minimum atomic E-state index is -0.912. The van der Waals surface area contributed by atoms with E-state index in [9.17, 15) is 19.5 Å². The normalized spacial score (nSPS) is 22.5. The number of aliphatic carboxylic acids is 1. The van der Waals surface area contributed by atoms with E-state index in [1.54, 1.807) is 6.92 Å². The number of carboxylic acids is 1. The molecular formula is C22H31NO5S. The second kappa shape index (κ2) is 10.2. The van der Waals surface area contributed by atoms with Crippen molar-refractivity contribution in [1.82, 2.24) is 0 Å². The average Bonchev–Trinajstić information content (AvgIpc) is 3.08. The molecule has 2 atom stereocenters. The number of rotatable bonds is 5. The first-order chi connectivity index (χ1) is 14.0. The highest BCUT2D eigenvalue weighted by Crippen LogP contribution is 2.39. The fraction of sp³-hybridized carbons (Fsp3) is 0.682. The van der Waals surface area contributed by atoms with E-state index in [0.29, 0.717) is 23.4 Å². The Hall–Kier alpha value is -1.89. The highest BCUT2D eigenvalue weighted by molar-refractivity contribution is 7.17. The van der Waals surface area contributed by atoms with Gasteiger partial charge in [0.1, 0.15) is 5.00 Å². The molecule has 1 aromatic heterocycles. The number of ether oxygens (including phenoxy) is 1. The lowest BCUT2D eigenvalue weighted by Crippen LogP contribution is -2.36. The molecule has 1 fully saturated rings. The van der Waals surface area contributed by atoms with Crippen molar-refractivity contribution in [3.05, 3.63) is 16.0 Å². The molecule has 0 spiro atoms. The standard InChI is InChI=1S/C22H31NO5S/c1-2-28-22(27)18-16-12-6-4-3-5-7-13-17(16)29-20(18)23-19(24)14-10-8-9-11-15(14)21(25)26/h14-15H,2-13H2,1H3,(H,23,24)(H,25,26)/t14-,15+/m1/s1. The topological polar surface area (TPSA) is 92.7 Å². The van der Waals surface area contributed by atoms with Gasteiger partial charge in [0.2, 0.25) is 5.91 Å². The van der Waals surface area contributed by atoms with Crippen molar-refractivity contribution in [2.75, 3.05) is 11.9 Å². The minimum Gasteiger partial charge on any atom is -0.481 e. The minimum absolute atomic E-state index is 0.278. The van der Waals surface area contributed by atoms with Crippen LogP contribution in [0.5, 0.6) is 0 Å². The fourth-order valence-electron chi connectivity index (χ4n) is 4.55. The molecule has 3 rings (SSSR count). The van der Waals surface area contributed by atoms with Gasteiger partial charge in [-0.2, -0.15) is 0 Å². The molecular weight excluding hydrogens is 390 g/mol. The molecule has 2 N–H and O–H groups in total. The van der Waals surface area contributed by atoms with Crippen molar-refractivity contribution in [1.29, 1.82) is 0 Å². The molecule has 7 heteroatoms. The number of amides is 1. The molecule has 0 aromatic carbocycles. The first kappa shape index (κ1) is 21.8. The summed E-state index contributed by atoms with van der Waals surface area (Å²) in [6, 6.07) is 0. The zero-order chi connectivity index (χ0) is 20.8. The van der Waals surface area contributed by atoms with Gasteiger partial charge in [-0.15, -0.1) is 11.3 Å². The van der Waals surface area contributed by atoms with Gasteiger partial charge in [0.15, 0.2) is 0 Å². The van der Waals surface area contributed by atoms with Crippen molar-refractivity contribution < 1.29 is 24.2 Å². The SMILES string of the molecule is CCOC(=O)c1c(NC(=O)[C@@H]2CCCC[C@@H]2C(=O)O)sc2c1CCCCCCC2. The third-order valence-corrected chi connectivity index (χ3v) is 7.26. The summed E-state index contributed by atoms with van der Waals surface area (Å²) in [7, 11) is 0. The largest absolute Gasteiger partial charge is 0.481 e. The van der Waals surface area contributed by atoms with Gasteiger partial charge in [-0.1, -0.05) is 32.1 Å². The number of anilines is 1. The molecule has 29 heavy (non-hydrogen) atoms. The van der Waals surface area contributed by atoms with Crippen LogP contribution in [0.15, 0.2) is 0 Å². The van der Waals surface area contributed by atoms with Gasteiger partial charge in [0.05, 0.1) is 24.0 Å². The molecule has 0 saturated heterocycles. The third-order valence-electron chi connectivity index (χ3n) is 6.06. The summed E-state index contributed by atoms with van der Waals surface area (Å²) in [6.07, 6.45) is 10.1. The second-order valence-electron chi connectivity index (χ2n) is 8.02. The van der Waals surface area contributed by atoms with Crippen LogP contribution in [0.1, 0.15) is 85.5 Å². The lowest BCUT2D eigenvalue weighted by Gasteiger charge is -2.27. The molecule has 1 heterocycles. The van der Waals surface area contributed by atoms with Crippen molar-refractivity contribution >= 4 is 34.2 Å². The molecule has 6 nitrogen and oxygen atoms in total. The number of thiophene rings is 1. The molecule has 0 radical (unpaired) electrons. The van der Waals surface area contributed by atoms with Crippen molar-refractivity contribution in [2.24, 2.45) is 11.8 Å². The maximum Gasteiger partial charge on any atom is 0.341 e. The van der Waals surface area contributed by atoms with Crippen LogP contribution in [-0.4, -0.2) is 29.6 Å². The Morgan fingerprint density at radius 2 is 1.66 bits per heavy atom. The number of carbonyl (C=O) groups excluding carboxylic acids is 2. The van der Waals surface area contributed by atoms with Gasteiger partial charge in [0, 0.05) is 4.88 Å². The molecule has 2 aliphatic carbocycles. The Balaban J connectivity index is 1.89. The second-order valence-corrected chi connectivity index (χ2v) is 9.13. The van der Waals surface area contributed by atoms with E-state index < -0.39 is 23.8 Å². The zero-order valence-electron chi connectivity index (χ0n) is 17.1. The number of esters is 1. The summed E-state index contributed by atoms with van der Waals surface area (Å²) in [5.74, 6) is -2.79. The summed E-state index contributed by atoms with van der Waals surface area (Å²) >= 11 is 1.47. The van der Waals surface area contributed by atoms with Crippen molar-refractivity contribution in [3.63, 3.8) is 0 Å². The molecule has 160 valence electrons. The number of aryl methyl sites for hydroxylation is 1. The zero-order valence-corrected chi connectivity index (χ0v) is 17.9. The van der Waals surface area contributed by atoms with Crippen molar-refractivity contribution in [2.45, 2.75) is 77.6 Å². The van der Waals surface area contributed by atoms with E-state index in [2.05, 4.69) is 5.32 Å². The van der Waals surface area contributed by atoms with E-state index in [1.807, 2.05) is 0 Å². The Labute approximate surface area is 176 Å². The summed E-state index contributed by atoms with van der Waals surface area (Å²) in [5.41, 5.74) is 1.51. The van der Waals surface area contributed by atoms with E-state index in [4.69, 9.17) is 4.74 Å². The lowest BCUT2D eigenvalue weighted by molar-refractivity contribution is -0.147. The molecule has 0 aliphatic heterocycles. The van der Waals surface area contributed by atoms with Crippen LogP contribution in [0.4, 0.5) is 5.00 Å².